The van der Waals surface area contributed by atoms with Gasteiger partial charge in [0.05, 0.1) is 12.2 Å². The zero-order valence-corrected chi connectivity index (χ0v) is 4.76. The second-order valence-corrected chi connectivity index (χ2v) is 1.93. The van der Waals surface area contributed by atoms with Crippen LogP contribution in [0.25, 0.3) is 0 Å². The summed E-state index contributed by atoms with van der Waals surface area (Å²) in [6.07, 6.45) is -0.278. The molecule has 0 radical (unpaired) electrons. The van der Waals surface area contributed by atoms with Crippen molar-refractivity contribution >= 4 is 0 Å². The molecule has 0 amide bonds. The van der Waals surface area contributed by atoms with Crippen LogP contribution < -0.4 is 0 Å². The van der Waals surface area contributed by atoms with Gasteiger partial charge >= 0.3 is 1.43 Å². The maximum absolute atomic E-state index is 8.56. The predicted molar refractivity (Wildman–Crippen MR) is 29.1 cm³/mol. The number of hydrogen-bond donors (Lipinski definition) is 2. The smallest absolute Gasteiger partial charge is 0.393 e. The van der Waals surface area contributed by atoms with Gasteiger partial charge in [0.15, 0.2) is 0 Å². The molecule has 0 aliphatic rings. The molecule has 7 heavy (non-hydrogen) atoms. The third-order valence-electron chi connectivity index (χ3n) is 0.682. The van der Waals surface area contributed by atoms with E-state index in [1.165, 1.54) is 0 Å². The first-order chi connectivity index (χ1) is 3.13. The van der Waals surface area contributed by atoms with Crippen molar-refractivity contribution < 1.29 is 11.6 Å². The summed E-state index contributed by atoms with van der Waals surface area (Å²) < 4.78 is 0. The minimum atomic E-state index is -0.375. The fraction of sp³-hybridized carbons (Fsp3) is 1.00. The van der Waals surface area contributed by atoms with Gasteiger partial charge in [0, 0.05) is 0 Å². The quantitative estimate of drug-likeness (QED) is 0.528. The lowest BCUT2D eigenvalue weighted by Gasteiger charge is -2.04. The van der Waals surface area contributed by atoms with Crippen molar-refractivity contribution in [1.29, 1.82) is 0 Å². The van der Waals surface area contributed by atoms with Crippen molar-refractivity contribution in [1.82, 2.24) is 0 Å². The van der Waals surface area contributed by atoms with Crippen LogP contribution >= 0.6 is 0 Å². The van der Waals surface area contributed by atoms with Crippen LogP contribution in [0.4, 0.5) is 0 Å². The van der Waals surface area contributed by atoms with Gasteiger partial charge in [0.2, 0.25) is 0 Å². The third-order valence-corrected chi connectivity index (χ3v) is 0.682. The summed E-state index contributed by atoms with van der Waals surface area (Å²) in [5.74, 6) is 0. The largest absolute Gasteiger partial charge is 1.00 e. The fourth-order valence-electron chi connectivity index (χ4n) is 0.494. The monoisotopic (exact) mass is 105 g/mol. The van der Waals surface area contributed by atoms with E-state index in [1.807, 2.05) is 0 Å². The molecule has 0 fully saturated rings. The maximum Gasteiger partial charge on any atom is 1.00 e. The van der Waals surface area contributed by atoms with Gasteiger partial charge in [-0.2, -0.15) is 0 Å². The molecule has 0 aliphatic carbocycles. The van der Waals surface area contributed by atoms with Crippen LogP contribution in [0.2, 0.25) is 0 Å². The Morgan fingerprint density at radius 3 is 1.57 bits per heavy atom. The standard InChI is InChI=1S/C5H12O2/c1-4(6)3-5(2)7/h4-7H,3H2,1-2H3/p+1/t4-,5+. The van der Waals surface area contributed by atoms with Crippen molar-refractivity contribution in [3.05, 3.63) is 0 Å². The number of aliphatic hydroxyl groups excluding tert-OH is 2. The van der Waals surface area contributed by atoms with E-state index in [0.717, 1.165) is 0 Å². The topological polar surface area (TPSA) is 40.5 Å². The maximum atomic E-state index is 8.56. The van der Waals surface area contributed by atoms with Gasteiger partial charge in [-0.05, 0) is 20.3 Å². The van der Waals surface area contributed by atoms with Gasteiger partial charge in [-0.3, -0.25) is 0 Å². The van der Waals surface area contributed by atoms with Crippen LogP contribution in [0.15, 0.2) is 0 Å². The van der Waals surface area contributed by atoms with Gasteiger partial charge < -0.3 is 10.2 Å². The molecule has 0 aromatic carbocycles. The van der Waals surface area contributed by atoms with Crippen LogP contribution in [0.3, 0.4) is 0 Å². The molecule has 0 heterocycles. The van der Waals surface area contributed by atoms with Crippen molar-refractivity contribution in [2.45, 2.75) is 32.5 Å². The summed E-state index contributed by atoms with van der Waals surface area (Å²) in [7, 11) is 0. The zero-order valence-electron chi connectivity index (χ0n) is 5.76. The lowest BCUT2D eigenvalue weighted by Crippen LogP contribution is -2.10. The van der Waals surface area contributed by atoms with Gasteiger partial charge in [-0.1, -0.05) is 0 Å². The molecule has 2 nitrogen and oxygen atoms in total. The van der Waals surface area contributed by atoms with E-state index in [4.69, 9.17) is 10.2 Å². The first-order valence-corrected chi connectivity index (χ1v) is 2.49. The van der Waals surface area contributed by atoms with E-state index in [0.29, 0.717) is 6.42 Å². The summed E-state index contributed by atoms with van der Waals surface area (Å²) in [5.41, 5.74) is 0. The van der Waals surface area contributed by atoms with E-state index >= 15 is 0 Å². The highest BCUT2D eigenvalue weighted by Crippen LogP contribution is 1.93. The first-order valence-electron chi connectivity index (χ1n) is 2.49. The summed E-state index contributed by atoms with van der Waals surface area (Å²) in [6.45, 7) is 3.32. The van der Waals surface area contributed by atoms with E-state index < -0.39 is 0 Å². The normalized spacial score (nSPS) is 18.9. The van der Waals surface area contributed by atoms with Crippen LogP contribution in [0, 0.1) is 0 Å². The molecule has 0 spiro atoms. The second kappa shape index (κ2) is 2.99. The average Bonchev–Trinajstić information content (AvgIpc) is 1.27. The Labute approximate surface area is 45.3 Å². The summed E-state index contributed by atoms with van der Waals surface area (Å²) in [6, 6.07) is 0. The average molecular weight is 105 g/mol. The molecule has 0 rings (SSSR count). The highest BCUT2D eigenvalue weighted by Gasteiger charge is 1.98. The zero-order chi connectivity index (χ0) is 5.86. The van der Waals surface area contributed by atoms with Crippen molar-refractivity contribution in [2.24, 2.45) is 0 Å². The van der Waals surface area contributed by atoms with Crippen molar-refractivity contribution in [3.8, 4) is 0 Å². The number of hydrogen-bond acceptors (Lipinski definition) is 2. The second-order valence-electron chi connectivity index (χ2n) is 1.93. The Balaban J connectivity index is 0. The van der Waals surface area contributed by atoms with E-state index in [-0.39, 0.29) is 13.6 Å². The van der Waals surface area contributed by atoms with Gasteiger partial charge in [-0.25, -0.2) is 0 Å². The van der Waals surface area contributed by atoms with Crippen LogP contribution in [0.1, 0.15) is 21.7 Å². The Morgan fingerprint density at radius 2 is 1.57 bits per heavy atom. The lowest BCUT2D eigenvalue weighted by atomic mass is 10.2. The summed E-state index contributed by atoms with van der Waals surface area (Å²) >= 11 is 0. The first kappa shape index (κ1) is 6.92. The lowest BCUT2D eigenvalue weighted by molar-refractivity contribution is 0.102. The molecule has 0 unspecified atom stereocenters. The molecule has 2 N–H and O–H groups in total. The molecule has 0 bridgehead atoms. The Bertz CT molecular complexity index is 39.7. The molecule has 44 valence electrons. The highest BCUT2D eigenvalue weighted by atomic mass is 16.3. The minimum Gasteiger partial charge on any atom is -0.393 e. The van der Waals surface area contributed by atoms with Crippen LogP contribution in [0.5, 0.6) is 0 Å². The molecule has 0 aromatic rings. The molecule has 0 aromatic heterocycles. The summed E-state index contributed by atoms with van der Waals surface area (Å²) in [5, 5.41) is 17.1. The molecular formula is C5H13O2+. The highest BCUT2D eigenvalue weighted by molar-refractivity contribution is 4.51. The van der Waals surface area contributed by atoms with Gasteiger partial charge in [0.25, 0.3) is 0 Å². The Kier molecular flexibility index (Phi) is 2.96. The van der Waals surface area contributed by atoms with E-state index in [2.05, 4.69) is 0 Å². The molecule has 2 heteroatoms. The predicted octanol–water partition coefficient (Wildman–Crippen LogP) is 0.251. The SMILES string of the molecule is C[C@H](O)C[C@@H](C)O.[H+]. The Morgan fingerprint density at radius 1 is 1.29 bits per heavy atom. The van der Waals surface area contributed by atoms with Crippen molar-refractivity contribution in [3.63, 3.8) is 0 Å². The molecular weight excluding hydrogens is 92.1 g/mol. The van der Waals surface area contributed by atoms with E-state index in [9.17, 15) is 0 Å². The summed E-state index contributed by atoms with van der Waals surface area (Å²) in [4.78, 5) is 0. The molecule has 0 saturated carbocycles. The van der Waals surface area contributed by atoms with Crippen molar-refractivity contribution in [2.75, 3.05) is 0 Å². The molecule has 0 saturated heterocycles. The molecule has 2 atom stereocenters. The number of aliphatic hydroxyl groups is 2. The molecule has 0 aliphatic heterocycles. The van der Waals surface area contributed by atoms with Gasteiger partial charge in [-0.15, -0.1) is 0 Å². The van der Waals surface area contributed by atoms with Crippen LogP contribution in [-0.4, -0.2) is 22.4 Å². The third kappa shape index (κ3) is 5.92. The van der Waals surface area contributed by atoms with E-state index in [1.54, 1.807) is 13.8 Å². The number of rotatable bonds is 2. The Hall–Kier alpha value is -0.0800. The van der Waals surface area contributed by atoms with Crippen LogP contribution in [-0.2, 0) is 0 Å². The van der Waals surface area contributed by atoms with Gasteiger partial charge in [0.1, 0.15) is 0 Å². The minimum absolute atomic E-state index is 0. The fourth-order valence-corrected chi connectivity index (χ4v) is 0.494.